The number of alkyl halides is 3. The first-order valence-electron chi connectivity index (χ1n) is 9.59. The molecule has 5 nitrogen and oxygen atoms in total. The van der Waals surface area contributed by atoms with Crippen LogP contribution in [-0.2, 0) is 6.18 Å². The number of amides is 1. The average molecular weight is 402 g/mol. The average Bonchev–Trinajstić information content (AvgIpc) is 3.11. The molecule has 2 aromatic heterocycles. The lowest BCUT2D eigenvalue weighted by molar-refractivity contribution is -0.142. The van der Waals surface area contributed by atoms with Crippen LogP contribution in [0.2, 0.25) is 0 Å². The predicted molar refractivity (Wildman–Crippen MR) is 103 cm³/mol. The van der Waals surface area contributed by atoms with Crippen molar-refractivity contribution in [2.24, 2.45) is 0 Å². The Labute approximate surface area is 166 Å². The van der Waals surface area contributed by atoms with Gasteiger partial charge in [0.15, 0.2) is 11.3 Å². The van der Waals surface area contributed by atoms with Crippen LogP contribution in [0.15, 0.2) is 36.5 Å². The van der Waals surface area contributed by atoms with Crippen LogP contribution in [0.5, 0.6) is 0 Å². The molecule has 1 saturated heterocycles. The topological polar surface area (TPSA) is 50.5 Å². The van der Waals surface area contributed by atoms with Crippen molar-refractivity contribution in [2.75, 3.05) is 6.54 Å². The maximum Gasteiger partial charge on any atom is 0.433 e. The molecule has 1 aliphatic rings. The first kappa shape index (κ1) is 19.4. The molecule has 0 spiro atoms. The van der Waals surface area contributed by atoms with E-state index in [1.165, 1.54) is 6.20 Å². The van der Waals surface area contributed by atoms with E-state index in [2.05, 4.69) is 10.1 Å². The van der Waals surface area contributed by atoms with Crippen LogP contribution < -0.4 is 0 Å². The second-order valence-corrected chi connectivity index (χ2v) is 7.53. The number of nitrogens with zero attached hydrogens (tertiary/aromatic N) is 4. The largest absolute Gasteiger partial charge is 0.433 e. The molecule has 29 heavy (non-hydrogen) atoms. The summed E-state index contributed by atoms with van der Waals surface area (Å²) in [6.45, 7) is 4.44. The zero-order valence-electron chi connectivity index (χ0n) is 16.2. The molecule has 1 aliphatic heterocycles. The minimum Gasteiger partial charge on any atom is -0.336 e. The number of benzene rings is 1. The number of aromatic nitrogens is 3. The van der Waals surface area contributed by atoms with E-state index in [1.807, 2.05) is 26.0 Å². The number of halogens is 3. The van der Waals surface area contributed by atoms with Crippen LogP contribution in [0.25, 0.3) is 16.9 Å². The Morgan fingerprint density at radius 1 is 1.17 bits per heavy atom. The molecular weight excluding hydrogens is 381 g/mol. The highest BCUT2D eigenvalue weighted by atomic mass is 19.4. The number of piperidine rings is 1. The summed E-state index contributed by atoms with van der Waals surface area (Å²) in [4.78, 5) is 19.2. The third kappa shape index (κ3) is 3.59. The van der Waals surface area contributed by atoms with E-state index in [-0.39, 0.29) is 28.9 Å². The van der Waals surface area contributed by atoms with Gasteiger partial charge in [0.05, 0.1) is 11.9 Å². The Balaban J connectivity index is 1.88. The summed E-state index contributed by atoms with van der Waals surface area (Å²) in [5, 5.41) is 3.86. The monoisotopic (exact) mass is 402 g/mol. The number of hydrogen-bond acceptors (Lipinski definition) is 3. The Morgan fingerprint density at radius 3 is 2.55 bits per heavy atom. The molecule has 0 bridgehead atoms. The van der Waals surface area contributed by atoms with Crippen LogP contribution in [0.3, 0.4) is 0 Å². The first-order valence-corrected chi connectivity index (χ1v) is 9.59. The third-order valence-corrected chi connectivity index (χ3v) is 5.40. The van der Waals surface area contributed by atoms with Gasteiger partial charge in [0.25, 0.3) is 5.91 Å². The number of carbonyl (C=O) groups excluding carboxylic acids is 1. The standard InChI is InChI=1S/C21H21F3N4O/c1-13-6-8-15(9-7-13)17-11-18(21(22,23)24)28-19(26-17)16(12-25-28)20(29)27-10-4-3-5-14(27)2/h6-9,11-12,14H,3-5,10H2,1-2H3. The van der Waals surface area contributed by atoms with E-state index in [4.69, 9.17) is 0 Å². The summed E-state index contributed by atoms with van der Waals surface area (Å²) >= 11 is 0. The molecule has 1 unspecified atom stereocenters. The van der Waals surface area contributed by atoms with E-state index in [0.717, 1.165) is 35.4 Å². The summed E-state index contributed by atoms with van der Waals surface area (Å²) in [7, 11) is 0. The molecule has 3 heterocycles. The fourth-order valence-corrected chi connectivity index (χ4v) is 3.74. The lowest BCUT2D eigenvalue weighted by atomic mass is 10.0. The Morgan fingerprint density at radius 2 is 1.90 bits per heavy atom. The fourth-order valence-electron chi connectivity index (χ4n) is 3.74. The van der Waals surface area contributed by atoms with E-state index in [1.54, 1.807) is 17.0 Å². The summed E-state index contributed by atoms with van der Waals surface area (Å²) in [6.07, 6.45) is -0.648. The number of aryl methyl sites for hydroxylation is 1. The van der Waals surface area contributed by atoms with Crippen molar-refractivity contribution < 1.29 is 18.0 Å². The van der Waals surface area contributed by atoms with Crippen LogP contribution in [0.4, 0.5) is 13.2 Å². The molecule has 4 rings (SSSR count). The van der Waals surface area contributed by atoms with Gasteiger partial charge in [0, 0.05) is 18.2 Å². The van der Waals surface area contributed by atoms with Crippen LogP contribution in [0, 0.1) is 6.92 Å². The normalized spacial score (nSPS) is 17.7. The van der Waals surface area contributed by atoms with Gasteiger partial charge < -0.3 is 4.90 Å². The molecule has 152 valence electrons. The highest BCUT2D eigenvalue weighted by molar-refractivity contribution is 6.00. The Kier molecular flexibility index (Phi) is 4.80. The third-order valence-electron chi connectivity index (χ3n) is 5.40. The number of hydrogen-bond donors (Lipinski definition) is 0. The first-order chi connectivity index (χ1) is 13.8. The molecule has 0 radical (unpaired) electrons. The van der Waals surface area contributed by atoms with Gasteiger partial charge in [-0.3, -0.25) is 4.79 Å². The minimum absolute atomic E-state index is 0.0357. The number of likely N-dealkylation sites (tertiary alicyclic amines) is 1. The number of fused-ring (bicyclic) bond motifs is 1. The molecule has 1 aromatic carbocycles. The number of rotatable bonds is 2. The molecule has 8 heteroatoms. The predicted octanol–water partition coefficient (Wildman–Crippen LogP) is 4.74. The van der Waals surface area contributed by atoms with Gasteiger partial charge in [0.2, 0.25) is 0 Å². The van der Waals surface area contributed by atoms with Crippen molar-refractivity contribution in [1.82, 2.24) is 19.5 Å². The Bertz CT molecular complexity index is 1060. The van der Waals surface area contributed by atoms with E-state index < -0.39 is 11.9 Å². The number of carbonyl (C=O) groups is 1. The molecule has 1 amide bonds. The van der Waals surface area contributed by atoms with Crippen LogP contribution in [0.1, 0.15) is 47.8 Å². The zero-order chi connectivity index (χ0) is 20.8. The fraction of sp³-hybridized carbons (Fsp3) is 0.381. The maximum absolute atomic E-state index is 13.7. The van der Waals surface area contributed by atoms with Crippen LogP contribution >= 0.6 is 0 Å². The van der Waals surface area contributed by atoms with E-state index in [0.29, 0.717) is 12.1 Å². The summed E-state index contributed by atoms with van der Waals surface area (Å²) in [5.41, 5.74) is 0.769. The molecular formula is C21H21F3N4O. The van der Waals surface area contributed by atoms with Crippen molar-refractivity contribution in [3.63, 3.8) is 0 Å². The van der Waals surface area contributed by atoms with Gasteiger partial charge in [-0.2, -0.15) is 18.3 Å². The van der Waals surface area contributed by atoms with Gasteiger partial charge >= 0.3 is 6.18 Å². The minimum atomic E-state index is -4.63. The molecule has 0 N–H and O–H groups in total. The van der Waals surface area contributed by atoms with E-state index in [9.17, 15) is 18.0 Å². The lowest BCUT2D eigenvalue weighted by Crippen LogP contribution is -2.42. The van der Waals surface area contributed by atoms with Crippen molar-refractivity contribution >= 4 is 11.6 Å². The maximum atomic E-state index is 13.7. The summed E-state index contributed by atoms with van der Waals surface area (Å²) in [5.74, 6) is -0.325. The van der Waals surface area contributed by atoms with Crippen LogP contribution in [-0.4, -0.2) is 38.0 Å². The van der Waals surface area contributed by atoms with E-state index >= 15 is 0 Å². The quantitative estimate of drug-likeness (QED) is 0.622. The summed E-state index contributed by atoms with van der Waals surface area (Å²) in [6, 6.07) is 8.08. The second-order valence-electron chi connectivity index (χ2n) is 7.53. The van der Waals surface area contributed by atoms with Gasteiger partial charge in [-0.1, -0.05) is 29.8 Å². The molecule has 0 aliphatic carbocycles. The molecule has 3 aromatic rings. The smallest absolute Gasteiger partial charge is 0.336 e. The van der Waals surface area contributed by atoms with Gasteiger partial charge in [-0.05, 0) is 39.2 Å². The zero-order valence-corrected chi connectivity index (χ0v) is 16.2. The molecule has 1 fully saturated rings. The van der Waals surface area contributed by atoms with Crippen molar-refractivity contribution in [3.8, 4) is 11.3 Å². The Hall–Kier alpha value is -2.90. The van der Waals surface area contributed by atoms with Gasteiger partial charge in [-0.15, -0.1) is 0 Å². The molecule has 0 saturated carbocycles. The highest BCUT2D eigenvalue weighted by Gasteiger charge is 2.36. The summed E-state index contributed by atoms with van der Waals surface area (Å²) < 4.78 is 41.9. The van der Waals surface area contributed by atoms with Gasteiger partial charge in [-0.25, -0.2) is 9.50 Å². The lowest BCUT2D eigenvalue weighted by Gasteiger charge is -2.33. The highest BCUT2D eigenvalue weighted by Crippen LogP contribution is 2.33. The SMILES string of the molecule is Cc1ccc(-c2cc(C(F)(F)F)n3ncc(C(=O)N4CCCCC4C)c3n2)cc1. The van der Waals surface area contributed by atoms with Crippen molar-refractivity contribution in [2.45, 2.75) is 45.3 Å². The van der Waals surface area contributed by atoms with Crippen molar-refractivity contribution in [3.05, 3.63) is 53.3 Å². The second kappa shape index (κ2) is 7.17. The van der Waals surface area contributed by atoms with Gasteiger partial charge in [0.1, 0.15) is 5.56 Å². The molecule has 1 atom stereocenters. The van der Waals surface area contributed by atoms with Crippen molar-refractivity contribution in [1.29, 1.82) is 0 Å².